The summed E-state index contributed by atoms with van der Waals surface area (Å²) in [5, 5.41) is 33.8. The molecule has 0 atom stereocenters. The van der Waals surface area contributed by atoms with Crippen LogP contribution in [0.3, 0.4) is 0 Å². The molecule has 2 saturated heterocycles. The molecule has 0 saturated carbocycles. The smallest absolute Gasteiger partial charge is 0.455 e. The molecule has 2 aromatic heterocycles. The fraction of sp³-hybridized carbons (Fsp3) is 0.418. The Morgan fingerprint density at radius 2 is 1.26 bits per heavy atom. The number of nitrogens with zero attached hydrogens (tertiary/aromatic N) is 4. The number of piperazine rings is 1. The third-order valence-electron chi connectivity index (χ3n) is 20.3. The first-order valence-corrected chi connectivity index (χ1v) is 37.7. The van der Waals surface area contributed by atoms with Gasteiger partial charge in [-0.1, -0.05) is 76.9 Å². The number of rotatable bonds is 18. The summed E-state index contributed by atoms with van der Waals surface area (Å²) in [5.41, 5.74) is 1.67. The van der Waals surface area contributed by atoms with Crippen LogP contribution < -0.4 is 20.4 Å². The number of hydrogen-bond acceptors (Lipinski definition) is 15. The highest BCUT2D eigenvalue weighted by atomic mass is 35.5. The SMILES string of the molecule is CC1(C)CCC(C=O)=C(Cl)C1.CC1(C)CCC(C=O)=C(c2ccc(C(F)(F)F)c(F)c2)C1.CC1(C)CCC(CN2CCN(c3ccc(C(=O)CS(=O)(=O)c4ccc(NCC5CCOCC5)c([N+](=O)[O-])c4)c(Oc4cnc5[nH]ccc5c4)c3)CC2)=C(c2ccc(C(F)(F)F)c(F)c2)C1.OB(O)c1ccc(C(F)(F)F)c(F)c1. The molecular weight excluding hydrogens is 1520 g/mol. The summed E-state index contributed by atoms with van der Waals surface area (Å²) in [6, 6.07) is 19.8. The number of aromatic nitrogens is 2. The molecule has 111 heavy (non-hydrogen) atoms. The molecule has 596 valence electrons. The highest BCUT2D eigenvalue weighted by Crippen LogP contribution is 2.47. The Balaban J connectivity index is 0.000000246. The summed E-state index contributed by atoms with van der Waals surface area (Å²) >= 11 is 5.92. The van der Waals surface area contributed by atoms with Crippen LogP contribution in [0.2, 0.25) is 0 Å². The van der Waals surface area contributed by atoms with E-state index in [1.807, 2.05) is 19.9 Å². The van der Waals surface area contributed by atoms with Gasteiger partial charge in [0, 0.05) is 92.5 Å². The number of aldehydes is 2. The molecule has 0 unspecified atom stereocenters. The minimum Gasteiger partial charge on any atom is -0.455 e. The van der Waals surface area contributed by atoms with E-state index < -0.39 is 91.8 Å². The molecule has 0 bridgehead atoms. The summed E-state index contributed by atoms with van der Waals surface area (Å²) in [4.78, 5) is 58.5. The average Bonchev–Trinajstić information content (AvgIpc) is 1.06. The molecule has 2 aliphatic heterocycles. The van der Waals surface area contributed by atoms with Crippen LogP contribution >= 0.6 is 11.6 Å². The van der Waals surface area contributed by atoms with Crippen molar-refractivity contribution >= 4 is 91.6 Å². The molecule has 12 rings (SSSR count). The summed E-state index contributed by atoms with van der Waals surface area (Å²) in [5.74, 6) is -5.20. The van der Waals surface area contributed by atoms with Gasteiger partial charge < -0.3 is 34.7 Å². The van der Waals surface area contributed by atoms with Crippen LogP contribution in [0, 0.1) is 49.7 Å². The third kappa shape index (κ3) is 22.9. The second-order valence-electron chi connectivity index (χ2n) is 30.5. The number of alkyl halides is 9. The monoisotopic (exact) mass is 1600 g/mol. The number of nitrogens with one attached hydrogen (secondary N) is 2. The minimum absolute atomic E-state index is 0.00577. The number of ketones is 1. The average molecular weight is 1600 g/mol. The van der Waals surface area contributed by atoms with Crippen molar-refractivity contribution in [2.45, 2.75) is 136 Å². The zero-order chi connectivity index (χ0) is 81.3. The molecule has 5 aliphatic rings. The molecule has 17 nitrogen and oxygen atoms in total. The van der Waals surface area contributed by atoms with Gasteiger partial charge in [-0.05, 0) is 199 Å². The Morgan fingerprint density at radius 3 is 1.81 bits per heavy atom. The van der Waals surface area contributed by atoms with E-state index >= 15 is 0 Å². The first kappa shape index (κ1) is 86.1. The van der Waals surface area contributed by atoms with Crippen molar-refractivity contribution in [3.8, 4) is 11.5 Å². The van der Waals surface area contributed by atoms with E-state index in [1.165, 1.54) is 36.5 Å². The van der Waals surface area contributed by atoms with Gasteiger partial charge in [0.2, 0.25) is 0 Å². The van der Waals surface area contributed by atoms with Gasteiger partial charge in [0.15, 0.2) is 15.6 Å². The number of aromatic amines is 1. The molecule has 0 spiro atoms. The second-order valence-corrected chi connectivity index (χ2v) is 32.9. The molecule has 32 heteroatoms. The van der Waals surface area contributed by atoms with E-state index in [-0.39, 0.29) is 49.5 Å². The number of fused-ring (bicyclic) bond motifs is 1. The van der Waals surface area contributed by atoms with Gasteiger partial charge in [-0.25, -0.2) is 26.6 Å². The number of ether oxygens (including phenoxy) is 2. The van der Waals surface area contributed by atoms with Gasteiger partial charge in [-0.15, -0.1) is 0 Å². The molecule has 4 N–H and O–H groups in total. The van der Waals surface area contributed by atoms with E-state index in [0.29, 0.717) is 123 Å². The van der Waals surface area contributed by atoms with Crippen molar-refractivity contribution in [2.75, 3.05) is 68.5 Å². The Hall–Kier alpha value is -8.88. The Labute approximate surface area is 639 Å². The van der Waals surface area contributed by atoms with Gasteiger partial charge in [-0.3, -0.25) is 29.4 Å². The molecule has 3 aliphatic carbocycles. The van der Waals surface area contributed by atoms with Gasteiger partial charge in [0.1, 0.15) is 58.6 Å². The molecule has 7 aromatic rings. The van der Waals surface area contributed by atoms with E-state index in [0.717, 1.165) is 127 Å². The van der Waals surface area contributed by atoms with E-state index in [1.54, 1.807) is 24.4 Å². The number of halogens is 13. The van der Waals surface area contributed by atoms with E-state index in [9.17, 15) is 85.6 Å². The first-order chi connectivity index (χ1) is 51.9. The number of H-pyrrole nitrogens is 1. The maximum atomic E-state index is 14.8. The molecule has 2 fully saturated rings. The van der Waals surface area contributed by atoms with Gasteiger partial charge in [0.05, 0.1) is 38.3 Å². The van der Waals surface area contributed by atoms with Crippen molar-refractivity contribution < 1.29 is 99.9 Å². The molecular formula is C79H84BClF12N6O11S. The van der Waals surface area contributed by atoms with Crippen molar-refractivity contribution in [2.24, 2.45) is 22.2 Å². The van der Waals surface area contributed by atoms with Crippen LogP contribution in [0.1, 0.15) is 150 Å². The summed E-state index contributed by atoms with van der Waals surface area (Å²) < 4.78 is 194. The number of pyridine rings is 1. The Kier molecular flexibility index (Phi) is 27.5. The van der Waals surface area contributed by atoms with Crippen LogP contribution in [0.25, 0.3) is 22.2 Å². The van der Waals surface area contributed by atoms with Crippen LogP contribution in [0.4, 0.5) is 69.7 Å². The van der Waals surface area contributed by atoms with Gasteiger partial charge in [0.25, 0.3) is 5.69 Å². The first-order valence-electron chi connectivity index (χ1n) is 35.7. The summed E-state index contributed by atoms with van der Waals surface area (Å²) in [7, 11) is -6.35. The van der Waals surface area contributed by atoms with Crippen molar-refractivity contribution in [1.29, 1.82) is 0 Å². The predicted molar refractivity (Wildman–Crippen MR) is 399 cm³/mol. The number of nitro groups is 1. The lowest BCUT2D eigenvalue weighted by molar-refractivity contribution is -0.384. The lowest BCUT2D eigenvalue weighted by atomic mass is 9.72. The lowest BCUT2D eigenvalue weighted by Crippen LogP contribution is -2.47. The van der Waals surface area contributed by atoms with E-state index in [2.05, 4.69) is 52.8 Å². The van der Waals surface area contributed by atoms with Crippen molar-refractivity contribution in [1.82, 2.24) is 14.9 Å². The lowest BCUT2D eigenvalue weighted by Gasteiger charge is -2.39. The van der Waals surface area contributed by atoms with Crippen molar-refractivity contribution in [3.05, 3.63) is 198 Å². The van der Waals surface area contributed by atoms with Crippen LogP contribution in [0.5, 0.6) is 11.5 Å². The number of carbonyl (C=O) groups excluding carboxylic acids is 3. The number of nitro benzene ring substituents is 1. The largest absolute Gasteiger partial charge is 0.488 e. The standard InChI is InChI=1S/C47H50F4N6O7S.C16H16F4O.C9H13ClO.C7H5BF4O2/c1-46(2)13-9-33(38(25-46)31-3-7-39(40(48)22-31)47(49,50)51)28-55-15-17-56(18-16-55)34-4-6-37(44(23-34)64-35-21-32-10-14-52-45(32)54-27-35)43(58)29-65(61,62)36-5-8-41(42(24-36)57(59)60)53-26-30-11-19-63-20-12-30;1-15(2)6-5-11(9-21)12(8-15)10-3-4-13(14(17)7-10)16(18,19)20;1-9(2)4-3-7(6-11)8(10)5-9;9-6-3-4(8(13)14)1-2-5(6)7(10,11)12/h3-8,10,14,21-24,27,30,53H,9,11-13,15-20,25-26,28-29H2,1-2H3,(H,52,54);3-4,7,9H,5-6,8H2,1-2H3;6H,3-5H2,1-2H3;1-3,13-14H. The van der Waals surface area contributed by atoms with Crippen molar-refractivity contribution in [3.63, 3.8) is 0 Å². The number of anilines is 2. The number of hydrogen-bond donors (Lipinski definition) is 4. The fourth-order valence-corrected chi connectivity index (χ4v) is 15.5. The second kappa shape index (κ2) is 35.4. The normalized spacial score (nSPS) is 17.7. The van der Waals surface area contributed by atoms with Gasteiger partial charge >= 0.3 is 25.6 Å². The molecule has 5 aromatic carbocycles. The molecule has 4 heterocycles. The topological polar surface area (TPSA) is 235 Å². The zero-order valence-electron chi connectivity index (χ0n) is 61.6. The maximum Gasteiger partial charge on any atom is 0.488 e. The van der Waals surface area contributed by atoms with E-state index in [4.69, 9.17) is 31.1 Å². The third-order valence-corrected chi connectivity index (χ3v) is 22.3. The fourth-order valence-electron chi connectivity index (χ4n) is 13.8. The number of Topliss-reactive ketones (excluding diaryl/α,β-unsaturated/α-hetero) is 1. The quantitative estimate of drug-likeness (QED) is 0.0156. The molecule has 0 radical (unpaired) electrons. The summed E-state index contributed by atoms with van der Waals surface area (Å²) in [6.45, 7) is 17.3. The van der Waals surface area contributed by atoms with Gasteiger partial charge in [-0.2, -0.15) is 39.5 Å². The number of allylic oxidation sites excluding steroid dienone is 5. The van der Waals surface area contributed by atoms with Crippen LogP contribution in [-0.2, 0) is 42.7 Å². The van der Waals surface area contributed by atoms with Crippen LogP contribution in [0.15, 0.2) is 142 Å². The maximum absolute atomic E-state index is 14.8. The minimum atomic E-state index is -4.79. The Bertz CT molecular complexity index is 4800. The highest BCUT2D eigenvalue weighted by molar-refractivity contribution is 7.92. The highest BCUT2D eigenvalue weighted by Gasteiger charge is 2.39. The predicted octanol–water partition coefficient (Wildman–Crippen LogP) is 18.1. The number of benzene rings is 5. The Morgan fingerprint density at radius 1 is 0.712 bits per heavy atom. The van der Waals surface area contributed by atoms with Crippen LogP contribution in [-0.4, -0.2) is 122 Å². The summed E-state index contributed by atoms with van der Waals surface area (Å²) in [6.07, 6.45) is -0.922. The molecule has 0 amide bonds. The number of carbonyl (C=O) groups is 3. The number of sulfone groups is 1. The zero-order valence-corrected chi connectivity index (χ0v) is 63.2.